The molecule has 1 heterocycles. The molecule has 0 atom stereocenters. The van der Waals surface area contributed by atoms with E-state index in [2.05, 4.69) is 31.2 Å². The third-order valence-corrected chi connectivity index (χ3v) is 3.92. The summed E-state index contributed by atoms with van der Waals surface area (Å²) >= 11 is 3.51. The van der Waals surface area contributed by atoms with E-state index in [0.717, 1.165) is 28.1 Å². The summed E-state index contributed by atoms with van der Waals surface area (Å²) < 4.78 is 11.5. The number of benzene rings is 1. The summed E-state index contributed by atoms with van der Waals surface area (Å²) in [4.78, 5) is 9.09. The highest BCUT2D eigenvalue weighted by Crippen LogP contribution is 2.31. The monoisotopic (exact) mass is 351 g/mol. The van der Waals surface area contributed by atoms with Gasteiger partial charge in [-0.15, -0.1) is 0 Å². The molecule has 0 aliphatic rings. The highest BCUT2D eigenvalue weighted by molar-refractivity contribution is 9.10. The molecule has 6 heteroatoms. The fourth-order valence-electron chi connectivity index (χ4n) is 1.91. The normalized spacial score (nSPS) is 10.3. The largest absolute Gasteiger partial charge is 0.497 e. The number of nitrogens with zero attached hydrogens (tertiary/aromatic N) is 2. The van der Waals surface area contributed by atoms with Crippen molar-refractivity contribution in [2.45, 2.75) is 13.8 Å². The number of aromatic nitrogens is 2. The summed E-state index contributed by atoms with van der Waals surface area (Å²) in [5.74, 6) is 2.82. The lowest BCUT2D eigenvalue weighted by atomic mass is 10.2. The minimum absolute atomic E-state index is 0.629. The molecule has 5 nitrogen and oxygen atoms in total. The summed E-state index contributed by atoms with van der Waals surface area (Å²) in [6.45, 7) is 4.75. The van der Waals surface area contributed by atoms with Crippen LogP contribution in [0.5, 0.6) is 11.5 Å². The second kappa shape index (κ2) is 6.76. The van der Waals surface area contributed by atoms with E-state index < -0.39 is 0 Å². The molecule has 2 aromatic rings. The first-order valence-electron chi connectivity index (χ1n) is 6.60. The van der Waals surface area contributed by atoms with Gasteiger partial charge in [-0.25, -0.2) is 9.97 Å². The number of rotatable bonds is 5. The van der Waals surface area contributed by atoms with Crippen LogP contribution < -0.4 is 14.8 Å². The van der Waals surface area contributed by atoms with Gasteiger partial charge in [-0.05, 0) is 41.9 Å². The van der Waals surface area contributed by atoms with Crippen LogP contribution >= 0.6 is 15.9 Å². The SMILES string of the molecule is CCNc1nc(-c2cc(OC)cc(OC)c2)nc(C)c1Br. The van der Waals surface area contributed by atoms with Gasteiger partial charge in [0, 0.05) is 18.2 Å². The number of ether oxygens (including phenoxy) is 2. The second-order valence-electron chi connectivity index (χ2n) is 4.43. The molecule has 0 spiro atoms. The Morgan fingerprint density at radius 1 is 1.10 bits per heavy atom. The summed E-state index contributed by atoms with van der Waals surface area (Å²) in [6, 6.07) is 5.60. The van der Waals surface area contributed by atoms with Crippen LogP contribution in [0.15, 0.2) is 22.7 Å². The number of methoxy groups -OCH3 is 2. The van der Waals surface area contributed by atoms with Gasteiger partial charge in [-0.2, -0.15) is 0 Å². The highest BCUT2D eigenvalue weighted by Gasteiger charge is 2.12. The van der Waals surface area contributed by atoms with Crippen molar-refractivity contribution in [3.8, 4) is 22.9 Å². The van der Waals surface area contributed by atoms with Crippen LogP contribution in [0.25, 0.3) is 11.4 Å². The zero-order valence-electron chi connectivity index (χ0n) is 12.5. The maximum atomic E-state index is 5.29. The minimum Gasteiger partial charge on any atom is -0.497 e. The van der Waals surface area contributed by atoms with E-state index >= 15 is 0 Å². The van der Waals surface area contributed by atoms with Crippen LogP contribution in [0.4, 0.5) is 5.82 Å². The predicted octanol–water partition coefficient (Wildman–Crippen LogP) is 3.66. The van der Waals surface area contributed by atoms with E-state index in [1.165, 1.54) is 0 Å². The molecule has 1 N–H and O–H groups in total. The van der Waals surface area contributed by atoms with Gasteiger partial charge in [0.1, 0.15) is 17.3 Å². The number of anilines is 1. The Balaban J connectivity index is 2.55. The fourth-order valence-corrected chi connectivity index (χ4v) is 2.23. The van der Waals surface area contributed by atoms with E-state index in [0.29, 0.717) is 17.3 Å². The Morgan fingerprint density at radius 3 is 2.24 bits per heavy atom. The molecule has 0 aliphatic carbocycles. The van der Waals surface area contributed by atoms with Gasteiger partial charge < -0.3 is 14.8 Å². The van der Waals surface area contributed by atoms with Gasteiger partial charge in [-0.1, -0.05) is 0 Å². The van der Waals surface area contributed by atoms with Gasteiger partial charge in [0.05, 0.1) is 24.4 Å². The molecule has 1 aromatic carbocycles. The Hall–Kier alpha value is -1.82. The van der Waals surface area contributed by atoms with Crippen molar-refractivity contribution < 1.29 is 9.47 Å². The van der Waals surface area contributed by atoms with Crippen LogP contribution in [-0.2, 0) is 0 Å². The summed E-state index contributed by atoms with van der Waals surface area (Å²) in [5, 5.41) is 3.22. The molecular formula is C15H18BrN3O2. The Morgan fingerprint density at radius 2 is 1.71 bits per heavy atom. The Kier molecular flexibility index (Phi) is 5.01. The number of halogens is 1. The highest BCUT2D eigenvalue weighted by atomic mass is 79.9. The molecule has 112 valence electrons. The second-order valence-corrected chi connectivity index (χ2v) is 5.22. The van der Waals surface area contributed by atoms with Crippen molar-refractivity contribution in [2.24, 2.45) is 0 Å². The molecule has 0 unspecified atom stereocenters. The van der Waals surface area contributed by atoms with Crippen LogP contribution in [0, 0.1) is 6.92 Å². The zero-order valence-corrected chi connectivity index (χ0v) is 14.1. The first-order valence-corrected chi connectivity index (χ1v) is 7.39. The molecule has 0 bridgehead atoms. The quantitative estimate of drug-likeness (QED) is 0.890. The van der Waals surface area contributed by atoms with Crippen LogP contribution in [-0.4, -0.2) is 30.7 Å². The minimum atomic E-state index is 0.629. The molecular weight excluding hydrogens is 334 g/mol. The lowest BCUT2D eigenvalue weighted by Crippen LogP contribution is -2.04. The first kappa shape index (κ1) is 15.6. The standard InChI is InChI=1S/C15H18BrN3O2/c1-5-17-15-13(16)9(2)18-14(19-15)10-6-11(20-3)8-12(7-10)21-4/h6-8H,5H2,1-4H3,(H,17,18,19). The zero-order chi connectivity index (χ0) is 15.4. The third kappa shape index (κ3) is 3.44. The molecule has 0 radical (unpaired) electrons. The van der Waals surface area contributed by atoms with Crippen LogP contribution in [0.1, 0.15) is 12.6 Å². The van der Waals surface area contributed by atoms with Gasteiger partial charge in [0.2, 0.25) is 0 Å². The number of aryl methyl sites for hydroxylation is 1. The van der Waals surface area contributed by atoms with E-state index in [9.17, 15) is 0 Å². The first-order chi connectivity index (χ1) is 10.1. The lowest BCUT2D eigenvalue weighted by Gasteiger charge is -2.12. The van der Waals surface area contributed by atoms with Crippen molar-refractivity contribution in [2.75, 3.05) is 26.1 Å². The maximum Gasteiger partial charge on any atom is 0.162 e. The van der Waals surface area contributed by atoms with Gasteiger partial charge in [0.15, 0.2) is 5.82 Å². The summed E-state index contributed by atoms with van der Waals surface area (Å²) in [5.41, 5.74) is 1.72. The van der Waals surface area contributed by atoms with Gasteiger partial charge in [0.25, 0.3) is 0 Å². The van der Waals surface area contributed by atoms with Crippen LogP contribution in [0.2, 0.25) is 0 Å². The van der Waals surface area contributed by atoms with Gasteiger partial charge in [-0.3, -0.25) is 0 Å². The lowest BCUT2D eigenvalue weighted by molar-refractivity contribution is 0.394. The average Bonchev–Trinajstić information content (AvgIpc) is 2.51. The van der Waals surface area contributed by atoms with Gasteiger partial charge >= 0.3 is 0 Å². The van der Waals surface area contributed by atoms with Crippen molar-refractivity contribution in [3.63, 3.8) is 0 Å². The summed E-state index contributed by atoms with van der Waals surface area (Å²) in [6.07, 6.45) is 0. The predicted molar refractivity (Wildman–Crippen MR) is 87.2 cm³/mol. The van der Waals surface area contributed by atoms with Crippen molar-refractivity contribution in [1.82, 2.24) is 9.97 Å². The topological polar surface area (TPSA) is 56.3 Å². The van der Waals surface area contributed by atoms with Crippen LogP contribution in [0.3, 0.4) is 0 Å². The number of nitrogens with one attached hydrogen (secondary N) is 1. The van der Waals surface area contributed by atoms with E-state index in [-0.39, 0.29) is 0 Å². The molecule has 0 amide bonds. The summed E-state index contributed by atoms with van der Waals surface area (Å²) in [7, 11) is 3.24. The molecule has 21 heavy (non-hydrogen) atoms. The van der Waals surface area contributed by atoms with E-state index in [1.807, 2.05) is 32.0 Å². The van der Waals surface area contributed by atoms with Crippen molar-refractivity contribution >= 4 is 21.7 Å². The Labute approximate surface area is 132 Å². The molecule has 2 rings (SSSR count). The van der Waals surface area contributed by atoms with E-state index in [4.69, 9.17) is 9.47 Å². The Bertz CT molecular complexity index is 625. The fraction of sp³-hybridized carbons (Fsp3) is 0.333. The molecule has 0 aliphatic heterocycles. The third-order valence-electron chi connectivity index (χ3n) is 2.97. The van der Waals surface area contributed by atoms with Crippen molar-refractivity contribution in [1.29, 1.82) is 0 Å². The smallest absolute Gasteiger partial charge is 0.162 e. The number of hydrogen-bond acceptors (Lipinski definition) is 5. The average molecular weight is 352 g/mol. The maximum absolute atomic E-state index is 5.29. The number of hydrogen-bond donors (Lipinski definition) is 1. The molecule has 0 saturated heterocycles. The molecule has 0 fully saturated rings. The van der Waals surface area contributed by atoms with Crippen molar-refractivity contribution in [3.05, 3.63) is 28.4 Å². The van der Waals surface area contributed by atoms with E-state index in [1.54, 1.807) is 14.2 Å². The molecule has 1 aromatic heterocycles. The molecule has 0 saturated carbocycles.